The van der Waals surface area contributed by atoms with Gasteiger partial charge in [-0.25, -0.2) is 9.97 Å². The molecule has 2 aromatic carbocycles. The number of nitrogens with zero attached hydrogens (tertiary/aromatic N) is 9. The number of nitrogen functional groups attached to an aromatic ring is 1. The Balaban J connectivity index is 1.26. The van der Waals surface area contributed by atoms with Gasteiger partial charge in [0.1, 0.15) is 33.9 Å². The van der Waals surface area contributed by atoms with Crippen molar-refractivity contribution in [1.29, 1.82) is 0 Å². The van der Waals surface area contributed by atoms with E-state index in [1.54, 1.807) is 45.9 Å². The van der Waals surface area contributed by atoms with Crippen molar-refractivity contribution in [3.05, 3.63) is 76.4 Å². The van der Waals surface area contributed by atoms with Crippen molar-refractivity contribution < 1.29 is 33.4 Å². The van der Waals surface area contributed by atoms with Crippen LogP contribution in [-0.2, 0) is 30.9 Å². The Labute approximate surface area is 362 Å². The van der Waals surface area contributed by atoms with Crippen LogP contribution in [0.3, 0.4) is 0 Å². The van der Waals surface area contributed by atoms with Gasteiger partial charge in [0.15, 0.2) is 0 Å². The Kier molecular flexibility index (Phi) is 13.1. The van der Waals surface area contributed by atoms with E-state index in [9.17, 15) is 19.2 Å². The van der Waals surface area contributed by atoms with Gasteiger partial charge in [-0.15, -0.1) is 0 Å². The van der Waals surface area contributed by atoms with Gasteiger partial charge in [-0.2, -0.15) is 10.2 Å². The summed E-state index contributed by atoms with van der Waals surface area (Å²) >= 11 is 0. The maximum absolute atomic E-state index is 13.8. The van der Waals surface area contributed by atoms with E-state index in [-0.39, 0.29) is 47.5 Å². The molecule has 21 nitrogen and oxygen atoms in total. The normalized spacial score (nSPS) is 13.3. The summed E-state index contributed by atoms with van der Waals surface area (Å²) < 4.78 is 24.2. The largest absolute Gasteiger partial charge is 0.494 e. The van der Waals surface area contributed by atoms with Crippen LogP contribution in [0.25, 0.3) is 22.1 Å². The topological polar surface area (TPSA) is 273 Å². The molecule has 8 N–H and O–H groups in total. The van der Waals surface area contributed by atoms with Gasteiger partial charge in [0.25, 0.3) is 11.8 Å². The second kappa shape index (κ2) is 18.8. The van der Waals surface area contributed by atoms with Crippen molar-refractivity contribution in [3.63, 3.8) is 0 Å². The third kappa shape index (κ3) is 9.19. The van der Waals surface area contributed by atoms with Crippen molar-refractivity contribution in [1.82, 2.24) is 43.6 Å². The molecule has 21 heteroatoms. The number of anilines is 3. The maximum atomic E-state index is 13.8. The van der Waals surface area contributed by atoms with Crippen molar-refractivity contribution in [2.24, 2.45) is 11.5 Å². The van der Waals surface area contributed by atoms with Crippen molar-refractivity contribution in [3.8, 4) is 11.5 Å². The van der Waals surface area contributed by atoms with E-state index in [1.807, 2.05) is 26.0 Å². The Hall–Kier alpha value is -7.26. The van der Waals surface area contributed by atoms with Gasteiger partial charge in [0, 0.05) is 56.9 Å². The lowest BCUT2D eigenvalue weighted by Gasteiger charge is -2.26. The second-order valence-corrected chi connectivity index (χ2v) is 14.9. The predicted molar refractivity (Wildman–Crippen MR) is 235 cm³/mol. The molecule has 1 saturated heterocycles. The number of hydrogen-bond donors (Lipinski definition) is 5. The zero-order chi connectivity index (χ0) is 44.9. The van der Waals surface area contributed by atoms with Crippen LogP contribution < -0.4 is 37.3 Å². The molecule has 0 saturated carbocycles. The molecule has 332 valence electrons. The minimum atomic E-state index is -0.682. The van der Waals surface area contributed by atoms with Crippen LogP contribution in [0.15, 0.2) is 42.5 Å². The number of carbonyl (C=O) groups is 4. The molecule has 1 aliphatic heterocycles. The van der Waals surface area contributed by atoms with Gasteiger partial charge in [-0.05, 0) is 64.4 Å². The molecular weight excluding hydrogens is 813 g/mol. The van der Waals surface area contributed by atoms with E-state index in [0.29, 0.717) is 90.0 Å². The fourth-order valence-corrected chi connectivity index (χ4v) is 7.57. The minimum absolute atomic E-state index is 0.135. The van der Waals surface area contributed by atoms with Crippen LogP contribution in [0.4, 0.5) is 17.6 Å². The second-order valence-electron chi connectivity index (χ2n) is 14.9. The van der Waals surface area contributed by atoms with Crippen LogP contribution in [0.5, 0.6) is 11.5 Å². The van der Waals surface area contributed by atoms with Gasteiger partial charge in [-0.3, -0.25) is 44.1 Å². The molecule has 1 fully saturated rings. The molecule has 7 rings (SSSR count). The first-order valence-electron chi connectivity index (χ1n) is 20.6. The Morgan fingerprint density at radius 2 is 1.37 bits per heavy atom. The third-order valence-corrected chi connectivity index (χ3v) is 10.7. The van der Waals surface area contributed by atoms with Gasteiger partial charge in [0.2, 0.25) is 23.7 Å². The summed E-state index contributed by atoms with van der Waals surface area (Å²) in [7, 11) is 1.45. The number of hydrogen-bond acceptors (Lipinski definition) is 13. The summed E-state index contributed by atoms with van der Waals surface area (Å²) in [6, 6.07) is 7.87. The van der Waals surface area contributed by atoms with E-state index >= 15 is 0 Å². The lowest BCUT2D eigenvalue weighted by Crippen LogP contribution is -2.37. The highest BCUT2D eigenvalue weighted by atomic mass is 16.5. The number of rotatable bonds is 18. The molecule has 1 aliphatic rings. The number of benzene rings is 2. The fourth-order valence-electron chi connectivity index (χ4n) is 7.57. The molecule has 4 aromatic heterocycles. The summed E-state index contributed by atoms with van der Waals surface area (Å²) in [5.41, 5.74) is 21.7. The first-order valence-corrected chi connectivity index (χ1v) is 20.6. The number of morpholine rings is 1. The SMILES string of the molecule is CCn1nc(C)cc1C(=O)Nc1nc2cc(C(N)=O)cc(OCCCN3CCOCC3)c2n1C/C=C/Cn1c(NC(=O)c2c(N)c(C)nn2CC)nc2cc(C(N)=O)cc(OC)c21. The Morgan fingerprint density at radius 1 is 0.794 bits per heavy atom. The summed E-state index contributed by atoms with van der Waals surface area (Å²) in [6.45, 7) is 12.6. The highest BCUT2D eigenvalue weighted by Gasteiger charge is 2.25. The number of fused-ring (bicyclic) bond motifs is 2. The number of aryl methyl sites for hydroxylation is 4. The number of amides is 4. The van der Waals surface area contributed by atoms with E-state index in [1.165, 1.54) is 23.9 Å². The highest BCUT2D eigenvalue weighted by molar-refractivity contribution is 6.07. The number of primary amides is 2. The zero-order valence-electron chi connectivity index (χ0n) is 35.9. The molecule has 0 spiro atoms. The van der Waals surface area contributed by atoms with E-state index < -0.39 is 23.6 Å². The van der Waals surface area contributed by atoms with Gasteiger partial charge >= 0.3 is 0 Å². The molecule has 0 radical (unpaired) electrons. The molecule has 0 aliphatic carbocycles. The molecular formula is C42H52N14O7. The zero-order valence-corrected chi connectivity index (χ0v) is 35.9. The van der Waals surface area contributed by atoms with Crippen molar-refractivity contribution in [2.45, 2.75) is 60.3 Å². The third-order valence-electron chi connectivity index (χ3n) is 10.7. The summed E-state index contributed by atoms with van der Waals surface area (Å²) in [6.07, 6.45) is 4.38. The van der Waals surface area contributed by atoms with Crippen LogP contribution in [0.1, 0.15) is 73.3 Å². The lowest BCUT2D eigenvalue weighted by atomic mass is 10.1. The van der Waals surface area contributed by atoms with Crippen LogP contribution in [-0.4, -0.2) is 114 Å². The van der Waals surface area contributed by atoms with Crippen molar-refractivity contribution >= 4 is 63.3 Å². The maximum Gasteiger partial charge on any atom is 0.278 e. The fraction of sp³-hybridized carbons (Fsp3) is 0.381. The molecule has 0 atom stereocenters. The molecule has 5 heterocycles. The van der Waals surface area contributed by atoms with E-state index in [0.717, 1.165) is 19.6 Å². The number of nitrogens with one attached hydrogen (secondary N) is 2. The highest BCUT2D eigenvalue weighted by Crippen LogP contribution is 2.33. The number of ether oxygens (including phenoxy) is 3. The molecule has 0 bridgehead atoms. The van der Waals surface area contributed by atoms with Crippen LogP contribution >= 0.6 is 0 Å². The van der Waals surface area contributed by atoms with Gasteiger partial charge in [0.05, 0.1) is 55.0 Å². The minimum Gasteiger partial charge on any atom is -0.494 e. The number of nitrogens with two attached hydrogens (primary N) is 3. The molecule has 6 aromatic rings. The van der Waals surface area contributed by atoms with E-state index in [2.05, 4.69) is 30.7 Å². The monoisotopic (exact) mass is 864 g/mol. The predicted octanol–water partition coefficient (Wildman–Crippen LogP) is 3.09. The number of carbonyl (C=O) groups excluding carboxylic acids is 4. The first kappa shape index (κ1) is 43.8. The molecule has 63 heavy (non-hydrogen) atoms. The quantitative estimate of drug-likeness (QED) is 0.0615. The standard InChI is InChI=1S/C42H52N14O7/c1-6-55-30(19-24(3)50-55)39(59)48-41-47-29-21-27(38(45)58)23-32(63-16-10-11-52-14-17-62-18-15-52)35(29)54(41)13-9-8-12-53-34-28(20-26(37(44)57)22-31(34)61-5)46-42(53)49-40(60)36-33(43)25(4)51-56(36)7-2/h8-9,19-23H,6-7,10-18,43H2,1-5H3,(H2,44,57)(H2,45,58)(H,46,49,60)(H,47,48,59)/b9-8+. The van der Waals surface area contributed by atoms with Crippen LogP contribution in [0, 0.1) is 13.8 Å². The molecule has 4 amide bonds. The van der Waals surface area contributed by atoms with Crippen LogP contribution in [0.2, 0.25) is 0 Å². The number of allylic oxidation sites excluding steroid dienone is 2. The average molecular weight is 865 g/mol. The molecule has 0 unspecified atom stereocenters. The lowest BCUT2D eigenvalue weighted by molar-refractivity contribution is 0.0358. The Morgan fingerprint density at radius 3 is 1.94 bits per heavy atom. The van der Waals surface area contributed by atoms with Gasteiger partial charge in [-0.1, -0.05) is 12.2 Å². The summed E-state index contributed by atoms with van der Waals surface area (Å²) in [5.74, 6) is -1.35. The number of methoxy groups -OCH3 is 1. The summed E-state index contributed by atoms with van der Waals surface area (Å²) in [4.78, 5) is 64.2. The van der Waals surface area contributed by atoms with E-state index in [4.69, 9.17) is 36.4 Å². The average Bonchev–Trinajstić information content (AvgIpc) is 4.01. The van der Waals surface area contributed by atoms with Gasteiger partial charge < -0.3 is 40.5 Å². The Bertz CT molecular complexity index is 2740. The first-order chi connectivity index (χ1) is 30.3. The van der Waals surface area contributed by atoms with Crippen molar-refractivity contribution in [2.75, 3.05) is 62.9 Å². The number of imidazole rings is 2. The summed E-state index contributed by atoms with van der Waals surface area (Å²) in [5, 5.41) is 14.6. The number of aromatic nitrogens is 8. The smallest absolute Gasteiger partial charge is 0.278 e.